The van der Waals surface area contributed by atoms with Gasteiger partial charge in [-0.3, -0.25) is 0 Å². The zero-order valence-electron chi connectivity index (χ0n) is 30.4. The van der Waals surface area contributed by atoms with Crippen LogP contribution in [0.1, 0.15) is 52.7 Å². The molecule has 6 heteroatoms. The normalized spacial score (nSPS) is 12.4. The Kier molecular flexibility index (Phi) is 7.16. The second kappa shape index (κ2) is 11.7. The zero-order chi connectivity index (χ0) is 35.8. The van der Waals surface area contributed by atoms with Gasteiger partial charge in [-0.1, -0.05) is 126 Å². The number of benzene rings is 7. The Morgan fingerprint density at radius 3 is 1.02 bits per heavy atom. The summed E-state index contributed by atoms with van der Waals surface area (Å²) in [6, 6.07) is 47.4. The molecule has 0 saturated carbocycles. The van der Waals surface area contributed by atoms with Gasteiger partial charge in [0.2, 0.25) is 0 Å². The molecule has 7 aromatic carbocycles. The molecule has 2 heterocycles. The van der Waals surface area contributed by atoms with Crippen LogP contribution < -0.4 is 0 Å². The summed E-state index contributed by atoms with van der Waals surface area (Å²) in [6.45, 7) is 13.4. The third kappa shape index (κ3) is 5.43. The number of nitrogens with zero attached hydrogens (tertiary/aromatic N) is 6. The van der Waals surface area contributed by atoms with Crippen molar-refractivity contribution in [2.75, 3.05) is 0 Å². The highest BCUT2D eigenvalue weighted by atomic mass is 15.5. The van der Waals surface area contributed by atoms with E-state index in [9.17, 15) is 0 Å². The highest BCUT2D eigenvalue weighted by molar-refractivity contribution is 6.21. The van der Waals surface area contributed by atoms with Crippen LogP contribution in [0.2, 0.25) is 0 Å². The van der Waals surface area contributed by atoms with Crippen LogP contribution in [-0.2, 0) is 10.8 Å². The smallest absolute Gasteiger partial charge is 0.114 e. The van der Waals surface area contributed by atoms with Crippen molar-refractivity contribution in [1.82, 2.24) is 30.0 Å². The predicted octanol–water partition coefficient (Wildman–Crippen LogP) is 11.4. The lowest BCUT2D eigenvalue weighted by Gasteiger charge is -2.18. The van der Waals surface area contributed by atoms with Crippen molar-refractivity contribution in [2.45, 2.75) is 52.4 Å². The van der Waals surface area contributed by atoms with Gasteiger partial charge in [0, 0.05) is 0 Å². The van der Waals surface area contributed by atoms with Gasteiger partial charge in [-0.15, -0.1) is 20.4 Å². The molecule has 0 atom stereocenters. The first kappa shape index (κ1) is 31.8. The molecule has 0 aliphatic heterocycles. The fourth-order valence-electron chi connectivity index (χ4n) is 7.31. The lowest BCUT2D eigenvalue weighted by atomic mass is 9.86. The molecular weight excluding hydrogens is 637 g/mol. The number of fused-ring (bicyclic) bond motifs is 4. The van der Waals surface area contributed by atoms with Gasteiger partial charge in [0.25, 0.3) is 0 Å². The molecule has 52 heavy (non-hydrogen) atoms. The van der Waals surface area contributed by atoms with Crippen LogP contribution in [0, 0.1) is 0 Å². The minimum Gasteiger partial charge on any atom is -0.150 e. The summed E-state index contributed by atoms with van der Waals surface area (Å²) < 4.78 is 0. The van der Waals surface area contributed by atoms with Crippen molar-refractivity contribution < 1.29 is 0 Å². The van der Waals surface area contributed by atoms with E-state index in [-0.39, 0.29) is 10.8 Å². The lowest BCUT2D eigenvalue weighted by Crippen LogP contribution is -2.11. The lowest BCUT2D eigenvalue weighted by molar-refractivity contribution is 0.589. The van der Waals surface area contributed by atoms with E-state index in [4.69, 9.17) is 20.4 Å². The largest absolute Gasteiger partial charge is 0.150 e. The van der Waals surface area contributed by atoms with Crippen LogP contribution in [0.3, 0.4) is 0 Å². The van der Waals surface area contributed by atoms with Crippen molar-refractivity contribution in [2.24, 2.45) is 0 Å². The molecule has 0 radical (unpaired) electrons. The number of aromatic nitrogens is 6. The van der Waals surface area contributed by atoms with E-state index in [0.29, 0.717) is 0 Å². The Hall–Kier alpha value is -6.14. The third-order valence-corrected chi connectivity index (χ3v) is 10.2. The Balaban J connectivity index is 1.16. The molecule has 6 nitrogen and oxygen atoms in total. The van der Waals surface area contributed by atoms with Gasteiger partial charge >= 0.3 is 0 Å². The van der Waals surface area contributed by atoms with Crippen LogP contribution in [0.4, 0.5) is 0 Å². The Bertz CT molecular complexity index is 2540. The molecule has 0 unspecified atom stereocenters. The van der Waals surface area contributed by atoms with Crippen molar-refractivity contribution in [3.63, 3.8) is 0 Å². The summed E-state index contributed by atoms with van der Waals surface area (Å²) in [7, 11) is 0. The van der Waals surface area contributed by atoms with E-state index < -0.39 is 0 Å². The molecule has 0 aliphatic carbocycles. The quantitative estimate of drug-likeness (QED) is 0.174. The van der Waals surface area contributed by atoms with Gasteiger partial charge in [0.05, 0.1) is 11.4 Å². The molecule has 9 aromatic rings. The van der Waals surface area contributed by atoms with Crippen LogP contribution in [-0.4, -0.2) is 30.0 Å². The van der Waals surface area contributed by atoms with Gasteiger partial charge in [-0.2, -0.15) is 9.59 Å². The molecule has 0 bridgehead atoms. The molecule has 2 aromatic heterocycles. The Morgan fingerprint density at radius 1 is 0.365 bits per heavy atom. The summed E-state index contributed by atoms with van der Waals surface area (Å²) in [5.74, 6) is 0. The van der Waals surface area contributed by atoms with Crippen LogP contribution in [0.15, 0.2) is 133 Å². The summed E-state index contributed by atoms with van der Waals surface area (Å²) in [5.41, 5.74) is 12.7. The van der Waals surface area contributed by atoms with Crippen molar-refractivity contribution in [3.8, 4) is 33.6 Å². The Labute approximate surface area is 303 Å². The second-order valence-corrected chi connectivity index (χ2v) is 15.8. The van der Waals surface area contributed by atoms with Gasteiger partial charge in [-0.05, 0) is 114 Å². The van der Waals surface area contributed by atoms with E-state index in [1.807, 2.05) is 0 Å². The molecule has 9 rings (SSSR count). The first-order chi connectivity index (χ1) is 25.0. The first-order valence-electron chi connectivity index (χ1n) is 17.9. The molecule has 0 N–H and O–H groups in total. The fraction of sp³-hybridized carbons (Fsp3) is 0.174. The molecule has 0 amide bonds. The van der Waals surface area contributed by atoms with Gasteiger partial charge in [0.15, 0.2) is 0 Å². The van der Waals surface area contributed by atoms with Gasteiger partial charge in [-0.25, -0.2) is 0 Å². The molecule has 0 spiro atoms. The molecule has 0 saturated heterocycles. The van der Waals surface area contributed by atoms with Gasteiger partial charge in [0.1, 0.15) is 22.1 Å². The molecular formula is C46H40N6. The highest BCUT2D eigenvalue weighted by Crippen LogP contribution is 2.44. The van der Waals surface area contributed by atoms with Crippen LogP contribution in [0.25, 0.3) is 77.2 Å². The summed E-state index contributed by atoms with van der Waals surface area (Å²) in [5, 5.41) is 24.3. The van der Waals surface area contributed by atoms with Crippen LogP contribution in [0.5, 0.6) is 0 Å². The first-order valence-corrected chi connectivity index (χ1v) is 17.9. The van der Waals surface area contributed by atoms with Crippen molar-refractivity contribution >= 4 is 43.6 Å². The zero-order valence-corrected chi connectivity index (χ0v) is 30.4. The molecule has 0 fully saturated rings. The maximum Gasteiger partial charge on any atom is 0.114 e. The summed E-state index contributed by atoms with van der Waals surface area (Å²) >= 11 is 0. The fourth-order valence-corrected chi connectivity index (χ4v) is 7.31. The maximum absolute atomic E-state index is 4.94. The highest BCUT2D eigenvalue weighted by Gasteiger charge is 2.19. The second-order valence-electron chi connectivity index (χ2n) is 15.8. The predicted molar refractivity (Wildman–Crippen MR) is 215 cm³/mol. The van der Waals surface area contributed by atoms with Crippen molar-refractivity contribution in [3.05, 3.63) is 145 Å². The number of hydrogen-bond acceptors (Lipinski definition) is 4. The van der Waals surface area contributed by atoms with E-state index >= 15 is 0 Å². The van der Waals surface area contributed by atoms with E-state index in [0.717, 1.165) is 44.6 Å². The molecule has 254 valence electrons. The maximum atomic E-state index is 4.94. The Morgan fingerprint density at radius 2 is 0.692 bits per heavy atom. The van der Waals surface area contributed by atoms with E-state index in [1.54, 1.807) is 9.59 Å². The van der Waals surface area contributed by atoms with E-state index in [2.05, 4.69) is 175 Å². The summed E-state index contributed by atoms with van der Waals surface area (Å²) in [4.78, 5) is 3.49. The average Bonchev–Trinajstić information content (AvgIpc) is 3.77. The van der Waals surface area contributed by atoms with Crippen LogP contribution >= 0.6 is 0 Å². The SMILES string of the molecule is CC(C)(C)c1ccc(-n2nc3ccc(-c4c5ccccc5c(-c5ccc6nn(-c7ccc(C(C)(C)C)cc7)nc6c5)c5ccccc45)cc3n2)cc1. The third-order valence-electron chi connectivity index (χ3n) is 10.2. The minimum atomic E-state index is 0.0864. The van der Waals surface area contributed by atoms with Gasteiger partial charge < -0.3 is 0 Å². The van der Waals surface area contributed by atoms with Crippen molar-refractivity contribution in [1.29, 1.82) is 0 Å². The minimum absolute atomic E-state index is 0.0864. The molecule has 0 aliphatic rings. The monoisotopic (exact) mass is 676 g/mol. The topological polar surface area (TPSA) is 61.4 Å². The number of hydrogen-bond donors (Lipinski definition) is 0. The summed E-state index contributed by atoms with van der Waals surface area (Å²) in [6.07, 6.45) is 0. The average molecular weight is 677 g/mol. The number of rotatable bonds is 4. The standard InChI is InChI=1S/C46H40N6/c1-45(2,3)31-17-21-33(22-18-31)51-47-39-25-15-29(27-41(39)49-51)43-35-11-7-9-13-37(35)44(38-14-10-8-12-36(38)43)30-16-26-40-42(28-30)50-52(48-40)34-23-19-32(20-24-34)46(4,5)6/h7-28H,1-6H3. The van der Waals surface area contributed by atoms with E-state index in [1.165, 1.54) is 43.8 Å².